The number of rotatable bonds is 7. The topological polar surface area (TPSA) is 68.3 Å². The maximum Gasteiger partial charge on any atom is 0.191 e. The zero-order valence-electron chi connectivity index (χ0n) is 17.2. The van der Waals surface area contributed by atoms with Crippen molar-refractivity contribution in [3.8, 4) is 11.3 Å². The summed E-state index contributed by atoms with van der Waals surface area (Å²) in [5.74, 6) is 1.68. The van der Waals surface area contributed by atoms with Gasteiger partial charge in [-0.15, -0.1) is 35.3 Å². The highest BCUT2D eigenvalue weighted by molar-refractivity contribution is 14.0. The van der Waals surface area contributed by atoms with E-state index in [0.29, 0.717) is 12.6 Å². The summed E-state index contributed by atoms with van der Waals surface area (Å²) in [5, 5.41) is 9.04. The average Bonchev–Trinajstić information content (AvgIpc) is 3.54. The van der Waals surface area contributed by atoms with Crippen LogP contribution >= 0.6 is 35.3 Å². The molecule has 0 radical (unpaired) electrons. The molecule has 1 aliphatic heterocycles. The molecule has 1 unspecified atom stereocenters. The molecule has 3 aromatic rings. The number of benzene rings is 1. The van der Waals surface area contributed by atoms with E-state index >= 15 is 0 Å². The third-order valence-electron chi connectivity index (χ3n) is 5.28. The van der Waals surface area contributed by atoms with Gasteiger partial charge >= 0.3 is 0 Å². The summed E-state index contributed by atoms with van der Waals surface area (Å²) >= 11 is 1.83. The molecular weight excluding hydrogens is 507 g/mol. The fourth-order valence-electron chi connectivity index (χ4n) is 3.74. The first kappa shape index (κ1) is 22.8. The second-order valence-corrected chi connectivity index (χ2v) is 8.17. The summed E-state index contributed by atoms with van der Waals surface area (Å²) in [7, 11) is 1.81. The Balaban J connectivity index is 0.00000256. The highest BCUT2D eigenvalue weighted by Crippen LogP contribution is 2.27. The molecule has 4 rings (SSSR count). The highest BCUT2D eigenvalue weighted by atomic mass is 127. The summed E-state index contributed by atoms with van der Waals surface area (Å²) in [6.07, 6.45) is 4.46. The SMILES string of the molecule is CN=C(NCc1ncc(-c2ccccc2)[nH]1)NCC(c1cccs1)N1CCCC1.I. The maximum absolute atomic E-state index is 4.49. The van der Waals surface area contributed by atoms with Crippen LogP contribution in [0.3, 0.4) is 0 Å². The molecule has 0 spiro atoms. The molecule has 1 aromatic carbocycles. The Morgan fingerprint density at radius 1 is 1.17 bits per heavy atom. The van der Waals surface area contributed by atoms with Crippen molar-refractivity contribution in [2.45, 2.75) is 25.4 Å². The van der Waals surface area contributed by atoms with Gasteiger partial charge in [0.1, 0.15) is 5.82 Å². The number of imidazole rings is 1. The Morgan fingerprint density at radius 2 is 1.97 bits per heavy atom. The number of nitrogens with one attached hydrogen (secondary N) is 3. The van der Waals surface area contributed by atoms with Crippen molar-refractivity contribution in [3.05, 3.63) is 64.7 Å². The minimum absolute atomic E-state index is 0. The lowest BCUT2D eigenvalue weighted by Gasteiger charge is -2.27. The fraction of sp³-hybridized carbons (Fsp3) is 0.364. The molecule has 1 fully saturated rings. The summed E-state index contributed by atoms with van der Waals surface area (Å²) in [6.45, 7) is 3.78. The standard InChI is InChI=1S/C22H28N6S.HI/c1-23-22(25-15-19(20-10-7-13-29-20)28-11-5-6-12-28)26-16-21-24-14-18(27-21)17-8-3-2-4-9-17;/h2-4,7-10,13-14,19H,5-6,11-12,15-16H2,1H3,(H,24,27)(H2,23,25,26);1H. The Bertz CT molecular complexity index is 903. The number of nitrogens with zero attached hydrogens (tertiary/aromatic N) is 3. The van der Waals surface area contributed by atoms with Gasteiger partial charge in [0.25, 0.3) is 0 Å². The van der Waals surface area contributed by atoms with Gasteiger partial charge in [-0.05, 0) is 42.9 Å². The van der Waals surface area contributed by atoms with E-state index in [-0.39, 0.29) is 24.0 Å². The summed E-state index contributed by atoms with van der Waals surface area (Å²) < 4.78 is 0. The van der Waals surface area contributed by atoms with Gasteiger partial charge in [0.2, 0.25) is 0 Å². The molecule has 0 bridgehead atoms. The lowest BCUT2D eigenvalue weighted by molar-refractivity contribution is 0.249. The quantitative estimate of drug-likeness (QED) is 0.240. The molecule has 6 nitrogen and oxygen atoms in total. The van der Waals surface area contributed by atoms with Gasteiger partial charge in [0, 0.05) is 18.5 Å². The van der Waals surface area contributed by atoms with Crippen molar-refractivity contribution in [3.63, 3.8) is 0 Å². The number of aromatic nitrogens is 2. The predicted molar refractivity (Wildman–Crippen MR) is 136 cm³/mol. The third kappa shape index (κ3) is 5.83. The van der Waals surface area contributed by atoms with Gasteiger partial charge in [0.05, 0.1) is 24.5 Å². The summed E-state index contributed by atoms with van der Waals surface area (Å²) in [6, 6.07) is 15.0. The Hall–Kier alpha value is -1.91. The van der Waals surface area contributed by atoms with E-state index < -0.39 is 0 Å². The van der Waals surface area contributed by atoms with Gasteiger partial charge in [-0.25, -0.2) is 4.98 Å². The lowest BCUT2D eigenvalue weighted by Crippen LogP contribution is -2.42. The first-order valence-corrected chi connectivity index (χ1v) is 11.0. The molecule has 160 valence electrons. The first-order chi connectivity index (χ1) is 14.3. The molecule has 8 heteroatoms. The average molecular weight is 536 g/mol. The van der Waals surface area contributed by atoms with E-state index in [4.69, 9.17) is 0 Å². The summed E-state index contributed by atoms with van der Waals surface area (Å²) in [5.41, 5.74) is 2.16. The van der Waals surface area contributed by atoms with Crippen LogP contribution in [-0.4, -0.2) is 47.5 Å². The molecule has 0 amide bonds. The van der Waals surface area contributed by atoms with Crippen LogP contribution in [-0.2, 0) is 6.54 Å². The van der Waals surface area contributed by atoms with Gasteiger partial charge < -0.3 is 15.6 Å². The number of H-pyrrole nitrogens is 1. The third-order valence-corrected chi connectivity index (χ3v) is 6.25. The zero-order chi connectivity index (χ0) is 19.9. The largest absolute Gasteiger partial charge is 0.354 e. The maximum atomic E-state index is 4.49. The first-order valence-electron chi connectivity index (χ1n) is 10.1. The highest BCUT2D eigenvalue weighted by Gasteiger charge is 2.24. The molecule has 1 aliphatic rings. The smallest absolute Gasteiger partial charge is 0.191 e. The van der Waals surface area contributed by atoms with Crippen LogP contribution in [0.25, 0.3) is 11.3 Å². The van der Waals surface area contributed by atoms with E-state index in [1.54, 1.807) is 0 Å². The molecule has 0 aliphatic carbocycles. The van der Waals surface area contributed by atoms with Crippen LogP contribution in [0.4, 0.5) is 0 Å². The normalized spacial score (nSPS) is 15.6. The minimum Gasteiger partial charge on any atom is -0.354 e. The predicted octanol–water partition coefficient (Wildman–Crippen LogP) is 4.26. The zero-order valence-corrected chi connectivity index (χ0v) is 20.3. The number of halogens is 1. The van der Waals surface area contributed by atoms with Crippen molar-refractivity contribution in [2.75, 3.05) is 26.7 Å². The van der Waals surface area contributed by atoms with Crippen LogP contribution in [0.1, 0.15) is 29.6 Å². The molecule has 3 N–H and O–H groups in total. The second kappa shape index (κ2) is 11.5. The number of likely N-dealkylation sites (tertiary alicyclic amines) is 1. The molecular formula is C22H29IN6S. The van der Waals surface area contributed by atoms with E-state index in [2.05, 4.69) is 60.1 Å². The Morgan fingerprint density at radius 3 is 2.67 bits per heavy atom. The monoisotopic (exact) mass is 536 g/mol. The number of aromatic amines is 1. The van der Waals surface area contributed by atoms with Crippen LogP contribution in [0.15, 0.2) is 59.0 Å². The van der Waals surface area contributed by atoms with Gasteiger partial charge in [0.15, 0.2) is 5.96 Å². The van der Waals surface area contributed by atoms with Crippen LogP contribution in [0.5, 0.6) is 0 Å². The van der Waals surface area contributed by atoms with Crippen molar-refractivity contribution in [1.82, 2.24) is 25.5 Å². The molecule has 30 heavy (non-hydrogen) atoms. The van der Waals surface area contributed by atoms with Crippen molar-refractivity contribution >= 4 is 41.3 Å². The van der Waals surface area contributed by atoms with Crippen LogP contribution < -0.4 is 10.6 Å². The Labute approximate surface area is 199 Å². The lowest BCUT2D eigenvalue weighted by atomic mass is 10.2. The van der Waals surface area contributed by atoms with Gasteiger partial charge in [-0.1, -0.05) is 36.4 Å². The molecule has 1 saturated heterocycles. The number of hydrogen-bond donors (Lipinski definition) is 3. The number of guanidine groups is 1. The van der Waals surface area contributed by atoms with Crippen molar-refractivity contribution in [1.29, 1.82) is 0 Å². The fourth-order valence-corrected chi connectivity index (χ4v) is 4.60. The molecule has 3 heterocycles. The van der Waals surface area contributed by atoms with Crippen LogP contribution in [0, 0.1) is 0 Å². The number of hydrogen-bond acceptors (Lipinski definition) is 4. The van der Waals surface area contributed by atoms with E-state index in [9.17, 15) is 0 Å². The number of thiophene rings is 1. The van der Waals surface area contributed by atoms with Crippen molar-refractivity contribution < 1.29 is 0 Å². The van der Waals surface area contributed by atoms with Gasteiger partial charge in [-0.2, -0.15) is 0 Å². The van der Waals surface area contributed by atoms with E-state index in [1.807, 2.05) is 42.8 Å². The van der Waals surface area contributed by atoms with E-state index in [0.717, 1.165) is 29.6 Å². The molecule has 0 saturated carbocycles. The Kier molecular flexibility index (Phi) is 8.71. The minimum atomic E-state index is 0. The van der Waals surface area contributed by atoms with E-state index in [1.165, 1.54) is 30.8 Å². The molecule has 1 atom stereocenters. The summed E-state index contributed by atoms with van der Waals surface area (Å²) in [4.78, 5) is 16.2. The van der Waals surface area contributed by atoms with Gasteiger partial charge in [-0.3, -0.25) is 9.89 Å². The molecule has 2 aromatic heterocycles. The van der Waals surface area contributed by atoms with Crippen LogP contribution in [0.2, 0.25) is 0 Å². The van der Waals surface area contributed by atoms with Crippen molar-refractivity contribution in [2.24, 2.45) is 4.99 Å². The number of aliphatic imine (C=N–C) groups is 1. The second-order valence-electron chi connectivity index (χ2n) is 7.19.